The molecule has 4 rings (SSSR count). The van der Waals surface area contributed by atoms with Crippen LogP contribution in [0.25, 0.3) is 11.4 Å². The number of nitrogens with one attached hydrogen (secondary N) is 2. The molecule has 188 valence electrons. The Balaban J connectivity index is 1.66. The Morgan fingerprint density at radius 3 is 2.61 bits per heavy atom. The van der Waals surface area contributed by atoms with Crippen LogP contribution in [0.1, 0.15) is 43.9 Å². The first-order valence-electron chi connectivity index (χ1n) is 11.7. The van der Waals surface area contributed by atoms with Crippen molar-refractivity contribution in [3.8, 4) is 17.3 Å². The highest BCUT2D eigenvalue weighted by Crippen LogP contribution is 2.45. The predicted octanol–water partition coefficient (Wildman–Crippen LogP) is 3.75. The number of carbonyl (C=O) groups excluding carboxylic acids is 1. The maximum atomic E-state index is 11.8. The zero-order valence-electron chi connectivity index (χ0n) is 20.8. The van der Waals surface area contributed by atoms with Gasteiger partial charge in [0.05, 0.1) is 11.9 Å². The molecule has 10 nitrogen and oxygen atoms in total. The van der Waals surface area contributed by atoms with Crippen LogP contribution in [0.15, 0.2) is 46.7 Å². The van der Waals surface area contributed by atoms with Gasteiger partial charge in [0.15, 0.2) is 23.8 Å². The van der Waals surface area contributed by atoms with E-state index in [0.29, 0.717) is 35.7 Å². The molecule has 1 aliphatic rings. The van der Waals surface area contributed by atoms with Gasteiger partial charge in [-0.1, -0.05) is 22.8 Å². The Labute approximate surface area is 212 Å². The van der Waals surface area contributed by atoms with Crippen molar-refractivity contribution in [1.29, 1.82) is 4.78 Å². The summed E-state index contributed by atoms with van der Waals surface area (Å²) in [6.07, 6.45) is 7.43. The van der Waals surface area contributed by atoms with Gasteiger partial charge < -0.3 is 15.3 Å². The van der Waals surface area contributed by atoms with E-state index >= 15 is 0 Å². The SMILES string of the molecule is CC(C)N(C)c1nc(-c2c(O)ncnc2C2CC2)ncc1/N=C(\C=O)NCc1ccc(S(C)=N)cc1. The molecule has 0 amide bonds. The predicted molar refractivity (Wildman–Crippen MR) is 141 cm³/mol. The molecule has 0 saturated heterocycles. The monoisotopic (exact) mass is 506 g/mol. The van der Waals surface area contributed by atoms with Crippen LogP contribution in [0, 0.1) is 4.78 Å². The lowest BCUT2D eigenvalue weighted by atomic mass is 10.1. The van der Waals surface area contributed by atoms with E-state index in [2.05, 4.69) is 25.3 Å². The molecule has 36 heavy (non-hydrogen) atoms. The molecule has 1 atom stereocenters. The molecule has 0 aliphatic heterocycles. The van der Waals surface area contributed by atoms with Crippen LogP contribution >= 0.6 is 0 Å². The van der Waals surface area contributed by atoms with Crippen molar-refractivity contribution in [3.63, 3.8) is 0 Å². The molecule has 1 unspecified atom stereocenters. The topological polar surface area (TPSA) is 140 Å². The number of aldehydes is 1. The van der Waals surface area contributed by atoms with Crippen LogP contribution in [-0.4, -0.2) is 56.5 Å². The third-order valence-corrected chi connectivity index (χ3v) is 6.99. The fraction of sp³-hybridized carbons (Fsp3) is 0.360. The van der Waals surface area contributed by atoms with Gasteiger partial charge in [-0.25, -0.2) is 24.9 Å². The third kappa shape index (κ3) is 5.73. The van der Waals surface area contributed by atoms with Crippen LogP contribution in [0.3, 0.4) is 0 Å². The number of carbonyl (C=O) groups is 1. The average Bonchev–Trinajstić information content (AvgIpc) is 3.72. The lowest BCUT2D eigenvalue weighted by molar-refractivity contribution is -0.102. The van der Waals surface area contributed by atoms with Crippen molar-refractivity contribution in [1.82, 2.24) is 25.3 Å². The van der Waals surface area contributed by atoms with Gasteiger partial charge in [-0.2, -0.15) is 0 Å². The second-order valence-corrected chi connectivity index (χ2v) is 10.5. The van der Waals surface area contributed by atoms with Crippen molar-refractivity contribution in [2.24, 2.45) is 4.99 Å². The summed E-state index contributed by atoms with van der Waals surface area (Å²) in [7, 11) is 1.34. The van der Waals surface area contributed by atoms with E-state index < -0.39 is 10.7 Å². The number of rotatable bonds is 9. The summed E-state index contributed by atoms with van der Waals surface area (Å²) in [5.41, 5.74) is 2.58. The number of anilines is 1. The Hall–Kier alpha value is -3.73. The molecule has 3 aromatic rings. The van der Waals surface area contributed by atoms with Crippen LogP contribution in [0.4, 0.5) is 11.5 Å². The lowest BCUT2D eigenvalue weighted by Gasteiger charge is -2.24. The second kappa shape index (κ2) is 10.9. The van der Waals surface area contributed by atoms with Gasteiger partial charge in [-0.3, -0.25) is 9.57 Å². The number of aliphatic imine (C=N–C) groups is 1. The molecule has 0 radical (unpaired) electrons. The maximum absolute atomic E-state index is 11.8. The minimum atomic E-state index is -0.550. The van der Waals surface area contributed by atoms with Crippen molar-refractivity contribution < 1.29 is 9.90 Å². The van der Waals surface area contributed by atoms with Crippen LogP contribution in [0.5, 0.6) is 5.88 Å². The summed E-state index contributed by atoms with van der Waals surface area (Å²) in [5.74, 6) is 1.11. The highest BCUT2D eigenvalue weighted by Gasteiger charge is 2.31. The smallest absolute Gasteiger partial charge is 0.225 e. The number of aromatic nitrogens is 4. The Morgan fingerprint density at radius 2 is 2.00 bits per heavy atom. The Morgan fingerprint density at radius 1 is 1.28 bits per heavy atom. The van der Waals surface area contributed by atoms with E-state index in [1.165, 1.54) is 6.33 Å². The normalized spacial score (nSPS) is 14.5. The number of aromatic hydroxyl groups is 1. The molecule has 1 fully saturated rings. The maximum Gasteiger partial charge on any atom is 0.225 e. The summed E-state index contributed by atoms with van der Waals surface area (Å²) in [6.45, 7) is 4.45. The minimum absolute atomic E-state index is 0.0940. The van der Waals surface area contributed by atoms with Crippen molar-refractivity contribution >= 4 is 34.3 Å². The number of hydrogen-bond acceptors (Lipinski definition) is 9. The highest BCUT2D eigenvalue weighted by atomic mass is 32.2. The molecule has 11 heteroatoms. The summed E-state index contributed by atoms with van der Waals surface area (Å²) in [4.78, 5) is 36.8. The van der Waals surface area contributed by atoms with Crippen LogP contribution < -0.4 is 10.2 Å². The Kier molecular flexibility index (Phi) is 7.68. The molecular weight excluding hydrogens is 476 g/mol. The van der Waals surface area contributed by atoms with Crippen LogP contribution in [-0.2, 0) is 22.0 Å². The highest BCUT2D eigenvalue weighted by molar-refractivity contribution is 7.85. The first kappa shape index (κ1) is 25.4. The fourth-order valence-electron chi connectivity index (χ4n) is 3.58. The second-order valence-electron chi connectivity index (χ2n) is 8.96. The average molecular weight is 507 g/mol. The van der Waals surface area contributed by atoms with Crippen molar-refractivity contribution in [3.05, 3.63) is 48.0 Å². The van der Waals surface area contributed by atoms with Gasteiger partial charge in [0.1, 0.15) is 17.6 Å². The van der Waals surface area contributed by atoms with E-state index in [-0.39, 0.29) is 23.7 Å². The molecule has 1 aliphatic carbocycles. The van der Waals surface area contributed by atoms with E-state index in [1.807, 2.05) is 56.3 Å². The summed E-state index contributed by atoms with van der Waals surface area (Å²) in [6, 6.07) is 7.81. The van der Waals surface area contributed by atoms with Crippen molar-refractivity contribution in [2.45, 2.75) is 50.1 Å². The summed E-state index contributed by atoms with van der Waals surface area (Å²) < 4.78 is 7.83. The lowest BCUT2D eigenvalue weighted by Crippen LogP contribution is -2.28. The van der Waals surface area contributed by atoms with E-state index in [1.54, 1.807) is 6.20 Å². The van der Waals surface area contributed by atoms with Gasteiger partial charge in [-0.15, -0.1) is 0 Å². The first-order chi connectivity index (χ1) is 17.3. The zero-order chi connectivity index (χ0) is 25.8. The summed E-state index contributed by atoms with van der Waals surface area (Å²) in [5, 5.41) is 13.6. The minimum Gasteiger partial charge on any atom is -0.493 e. The number of nitrogens with zero attached hydrogens (tertiary/aromatic N) is 6. The molecule has 0 spiro atoms. The molecular formula is C25H30N8O2S. The van der Waals surface area contributed by atoms with Gasteiger partial charge in [0.2, 0.25) is 5.88 Å². The molecule has 2 aromatic heterocycles. The van der Waals surface area contributed by atoms with Gasteiger partial charge in [0.25, 0.3) is 0 Å². The zero-order valence-corrected chi connectivity index (χ0v) is 21.6. The van der Waals surface area contributed by atoms with Gasteiger partial charge in [-0.05, 0) is 50.6 Å². The number of hydrogen-bond donors (Lipinski definition) is 3. The standard InChI is InChI=1S/C25H30N8O2S/c1-15(2)33(3)24-19(31-20(13-34)27-11-16-5-9-18(10-6-16)36(4)26)12-28-23(32-24)21-22(17-7-8-17)29-14-30-25(21)35/h5-6,9-10,12-15,17,26H,7-8,11H2,1-4H3,(H,27,31)(H,29,30,35). The molecule has 1 saturated carbocycles. The Bertz CT molecular complexity index is 1310. The van der Waals surface area contributed by atoms with E-state index in [9.17, 15) is 9.90 Å². The molecule has 2 heterocycles. The quantitative estimate of drug-likeness (QED) is 0.226. The number of amidine groups is 1. The van der Waals surface area contributed by atoms with Gasteiger partial charge >= 0.3 is 0 Å². The van der Waals surface area contributed by atoms with Crippen LogP contribution in [0.2, 0.25) is 0 Å². The van der Waals surface area contributed by atoms with E-state index in [0.717, 1.165) is 29.0 Å². The number of benzene rings is 1. The first-order valence-corrected chi connectivity index (χ1v) is 13.3. The molecule has 0 bridgehead atoms. The largest absolute Gasteiger partial charge is 0.493 e. The third-order valence-electron chi connectivity index (χ3n) is 6.01. The van der Waals surface area contributed by atoms with Gasteiger partial charge in [0, 0.05) is 30.4 Å². The summed E-state index contributed by atoms with van der Waals surface area (Å²) >= 11 is 0. The van der Waals surface area contributed by atoms with Crippen molar-refractivity contribution in [2.75, 3.05) is 18.2 Å². The molecule has 3 N–H and O–H groups in total. The molecule has 1 aromatic carbocycles. The van der Waals surface area contributed by atoms with E-state index in [4.69, 9.17) is 9.76 Å². The fourth-order valence-corrected chi connectivity index (χ4v) is 4.13.